The van der Waals surface area contributed by atoms with Crippen LogP contribution in [0.1, 0.15) is 38.7 Å². The first-order chi connectivity index (χ1) is 14.9. The van der Waals surface area contributed by atoms with Crippen molar-refractivity contribution in [3.63, 3.8) is 0 Å². The van der Waals surface area contributed by atoms with Crippen molar-refractivity contribution in [3.05, 3.63) is 54.1 Å². The van der Waals surface area contributed by atoms with Gasteiger partial charge in [-0.3, -0.25) is 9.69 Å². The van der Waals surface area contributed by atoms with Gasteiger partial charge in [0.05, 0.1) is 6.42 Å². The Morgan fingerprint density at radius 2 is 1.61 bits per heavy atom. The molecule has 5 rings (SSSR count). The Balaban J connectivity index is 1.36. The summed E-state index contributed by atoms with van der Waals surface area (Å²) in [4.78, 5) is 15.1. The molecule has 1 atom stereocenters. The average molecular weight is 424 g/mol. The average Bonchev–Trinajstić information content (AvgIpc) is 2.78. The molecule has 31 heavy (non-hydrogen) atoms. The highest BCUT2D eigenvalue weighted by atomic mass is 16.7. The van der Waals surface area contributed by atoms with Crippen molar-refractivity contribution < 1.29 is 19.0 Å². The number of esters is 1. The number of hydrogen-bond donors (Lipinski definition) is 0. The van der Waals surface area contributed by atoms with Gasteiger partial charge in [-0.2, -0.15) is 0 Å². The topological polar surface area (TPSA) is 48.0 Å². The molecule has 3 heterocycles. The SMILES string of the molecule is COCOc1ccc(-c2ccc(C(C)(C)CC(=O)OC3CN4CCC3CC4)cc2)cc1. The molecule has 5 nitrogen and oxygen atoms in total. The van der Waals surface area contributed by atoms with E-state index in [1.54, 1.807) is 7.11 Å². The number of piperidine rings is 3. The molecule has 166 valence electrons. The van der Waals surface area contributed by atoms with Gasteiger partial charge >= 0.3 is 5.97 Å². The van der Waals surface area contributed by atoms with E-state index in [1.807, 2.05) is 24.3 Å². The van der Waals surface area contributed by atoms with Gasteiger partial charge in [0.2, 0.25) is 0 Å². The van der Waals surface area contributed by atoms with Gasteiger partial charge in [0, 0.05) is 19.1 Å². The van der Waals surface area contributed by atoms with Crippen LogP contribution in [0, 0.1) is 5.92 Å². The number of carbonyl (C=O) groups is 1. The first-order valence-corrected chi connectivity index (χ1v) is 11.2. The van der Waals surface area contributed by atoms with E-state index < -0.39 is 0 Å². The first kappa shape index (κ1) is 21.8. The number of methoxy groups -OCH3 is 1. The monoisotopic (exact) mass is 423 g/mol. The molecule has 0 spiro atoms. The normalized spacial score (nSPS) is 22.9. The van der Waals surface area contributed by atoms with Crippen LogP contribution in [0.15, 0.2) is 48.5 Å². The van der Waals surface area contributed by atoms with Gasteiger partial charge in [-0.1, -0.05) is 50.2 Å². The zero-order valence-corrected chi connectivity index (χ0v) is 18.8. The number of carbonyl (C=O) groups excluding carboxylic acids is 1. The highest BCUT2D eigenvalue weighted by molar-refractivity contribution is 5.72. The van der Waals surface area contributed by atoms with Crippen molar-refractivity contribution in [1.82, 2.24) is 4.90 Å². The Morgan fingerprint density at radius 1 is 1.00 bits per heavy atom. The zero-order chi connectivity index (χ0) is 21.8. The number of rotatable bonds is 8. The summed E-state index contributed by atoms with van der Waals surface area (Å²) < 4.78 is 16.3. The van der Waals surface area contributed by atoms with Gasteiger partial charge in [0.25, 0.3) is 0 Å². The minimum absolute atomic E-state index is 0.0732. The summed E-state index contributed by atoms with van der Waals surface area (Å²) >= 11 is 0. The lowest BCUT2D eigenvalue weighted by Gasteiger charge is -2.44. The smallest absolute Gasteiger partial charge is 0.306 e. The van der Waals surface area contributed by atoms with Crippen molar-refractivity contribution in [3.8, 4) is 16.9 Å². The molecule has 5 heteroatoms. The molecule has 3 fully saturated rings. The summed E-state index contributed by atoms with van der Waals surface area (Å²) in [6, 6.07) is 16.4. The highest BCUT2D eigenvalue weighted by Crippen LogP contribution is 2.33. The summed E-state index contributed by atoms with van der Waals surface area (Å²) in [5, 5.41) is 0. The molecule has 0 amide bonds. The zero-order valence-electron chi connectivity index (χ0n) is 18.8. The molecule has 0 N–H and O–H groups in total. The van der Waals surface area contributed by atoms with Crippen LogP contribution in [0.2, 0.25) is 0 Å². The molecule has 3 saturated heterocycles. The molecule has 0 saturated carbocycles. The fraction of sp³-hybridized carbons (Fsp3) is 0.500. The molecule has 2 bridgehead atoms. The molecule has 0 radical (unpaired) electrons. The third-order valence-electron chi connectivity index (χ3n) is 6.66. The second-order valence-electron chi connectivity index (χ2n) is 9.38. The summed E-state index contributed by atoms with van der Waals surface area (Å²) in [5.74, 6) is 1.24. The standard InChI is InChI=1S/C26H33NO4/c1-26(2,16-25(28)31-24-17-27-14-12-21(24)13-15-27)22-8-4-19(5-9-22)20-6-10-23(11-7-20)30-18-29-3/h4-11,21,24H,12-18H2,1-3H3. The largest absolute Gasteiger partial charge is 0.468 e. The third-order valence-corrected chi connectivity index (χ3v) is 6.66. The second kappa shape index (κ2) is 9.41. The molecule has 2 aromatic rings. The van der Waals surface area contributed by atoms with Crippen molar-refractivity contribution in [2.75, 3.05) is 33.5 Å². The Hall–Kier alpha value is -2.37. The molecule has 1 unspecified atom stereocenters. The molecule has 3 aliphatic rings. The Morgan fingerprint density at radius 3 is 2.16 bits per heavy atom. The van der Waals surface area contributed by atoms with Gasteiger partial charge in [0.15, 0.2) is 6.79 Å². The summed E-state index contributed by atoms with van der Waals surface area (Å²) in [7, 11) is 1.61. The van der Waals surface area contributed by atoms with Gasteiger partial charge in [-0.25, -0.2) is 0 Å². The van der Waals surface area contributed by atoms with E-state index in [4.69, 9.17) is 14.2 Å². The lowest BCUT2D eigenvalue weighted by molar-refractivity contribution is -0.160. The molecular formula is C26H33NO4. The van der Waals surface area contributed by atoms with Crippen molar-refractivity contribution in [1.29, 1.82) is 0 Å². The number of hydrogen-bond acceptors (Lipinski definition) is 5. The van der Waals surface area contributed by atoms with Crippen LogP contribution in [0.3, 0.4) is 0 Å². The van der Waals surface area contributed by atoms with Crippen LogP contribution in [-0.2, 0) is 19.7 Å². The van der Waals surface area contributed by atoms with Crippen LogP contribution in [0.5, 0.6) is 5.75 Å². The maximum Gasteiger partial charge on any atom is 0.306 e. The van der Waals surface area contributed by atoms with Gasteiger partial charge in [-0.15, -0.1) is 0 Å². The van der Waals surface area contributed by atoms with E-state index >= 15 is 0 Å². The minimum atomic E-state index is -0.276. The summed E-state index contributed by atoms with van der Waals surface area (Å²) in [6.45, 7) is 7.68. The van der Waals surface area contributed by atoms with E-state index in [2.05, 4.69) is 43.0 Å². The van der Waals surface area contributed by atoms with Gasteiger partial charge in [-0.05, 0) is 60.7 Å². The van der Waals surface area contributed by atoms with E-state index in [9.17, 15) is 4.79 Å². The van der Waals surface area contributed by atoms with Crippen LogP contribution in [-0.4, -0.2) is 50.5 Å². The predicted octanol–water partition coefficient (Wildman–Crippen LogP) is 4.64. The van der Waals surface area contributed by atoms with E-state index in [0.29, 0.717) is 12.3 Å². The fourth-order valence-corrected chi connectivity index (χ4v) is 4.70. The number of fused-ring (bicyclic) bond motifs is 3. The molecule has 2 aromatic carbocycles. The maximum atomic E-state index is 12.7. The summed E-state index contributed by atoms with van der Waals surface area (Å²) in [5.41, 5.74) is 3.12. The van der Waals surface area contributed by atoms with Crippen LogP contribution >= 0.6 is 0 Å². The van der Waals surface area contributed by atoms with Crippen molar-refractivity contribution >= 4 is 5.97 Å². The molecule has 3 aliphatic heterocycles. The number of nitrogens with zero attached hydrogens (tertiary/aromatic N) is 1. The Kier molecular flexibility index (Phi) is 6.63. The molecular weight excluding hydrogens is 390 g/mol. The van der Waals surface area contributed by atoms with E-state index in [0.717, 1.165) is 54.9 Å². The number of benzene rings is 2. The summed E-state index contributed by atoms with van der Waals surface area (Å²) in [6.07, 6.45) is 2.77. The molecule has 0 aromatic heterocycles. The maximum absolute atomic E-state index is 12.7. The Bertz CT molecular complexity index is 867. The number of ether oxygens (including phenoxy) is 3. The lowest BCUT2D eigenvalue weighted by atomic mass is 9.81. The second-order valence-corrected chi connectivity index (χ2v) is 9.38. The van der Waals surface area contributed by atoms with Crippen LogP contribution in [0.25, 0.3) is 11.1 Å². The third kappa shape index (κ3) is 5.28. The highest BCUT2D eigenvalue weighted by Gasteiger charge is 2.37. The van der Waals surface area contributed by atoms with Crippen LogP contribution < -0.4 is 4.74 Å². The first-order valence-electron chi connectivity index (χ1n) is 11.2. The van der Waals surface area contributed by atoms with E-state index in [-0.39, 0.29) is 24.3 Å². The van der Waals surface area contributed by atoms with Crippen molar-refractivity contribution in [2.24, 2.45) is 5.92 Å². The minimum Gasteiger partial charge on any atom is -0.468 e. The molecule has 0 aliphatic carbocycles. The Labute approximate surface area is 185 Å². The quantitative estimate of drug-likeness (QED) is 0.457. The predicted molar refractivity (Wildman–Crippen MR) is 121 cm³/mol. The lowest BCUT2D eigenvalue weighted by Crippen LogP contribution is -2.52. The van der Waals surface area contributed by atoms with E-state index in [1.165, 1.54) is 0 Å². The fourth-order valence-electron chi connectivity index (χ4n) is 4.70. The van der Waals surface area contributed by atoms with Crippen molar-refractivity contribution in [2.45, 2.75) is 44.6 Å². The van der Waals surface area contributed by atoms with Crippen LogP contribution in [0.4, 0.5) is 0 Å². The van der Waals surface area contributed by atoms with Gasteiger partial charge in [0.1, 0.15) is 11.9 Å². The van der Waals surface area contributed by atoms with Gasteiger partial charge < -0.3 is 14.2 Å².